The zero-order valence-electron chi connectivity index (χ0n) is 11.9. The molecule has 16 heavy (non-hydrogen) atoms. The molecule has 0 spiro atoms. The van der Waals surface area contributed by atoms with Crippen molar-refractivity contribution in [2.45, 2.75) is 66.3 Å². The fraction of sp³-hybridized carbons (Fsp3) is 1.00. The molecule has 96 valence electrons. The van der Waals surface area contributed by atoms with E-state index in [-0.39, 0.29) is 0 Å². The van der Waals surface area contributed by atoms with Crippen molar-refractivity contribution in [1.82, 2.24) is 5.32 Å². The zero-order valence-corrected chi connectivity index (χ0v) is 11.9. The van der Waals surface area contributed by atoms with E-state index in [9.17, 15) is 0 Å². The van der Waals surface area contributed by atoms with Gasteiger partial charge in [0.1, 0.15) is 0 Å². The van der Waals surface area contributed by atoms with Crippen molar-refractivity contribution < 1.29 is 0 Å². The molecule has 1 fully saturated rings. The molecule has 0 aromatic rings. The Balaban J connectivity index is 2.31. The van der Waals surface area contributed by atoms with Gasteiger partial charge < -0.3 is 5.32 Å². The second kappa shape index (κ2) is 6.64. The zero-order chi connectivity index (χ0) is 12.1. The van der Waals surface area contributed by atoms with Gasteiger partial charge in [-0.3, -0.25) is 0 Å². The first-order valence-electron chi connectivity index (χ1n) is 7.24. The van der Waals surface area contributed by atoms with Crippen molar-refractivity contribution in [3.63, 3.8) is 0 Å². The van der Waals surface area contributed by atoms with Crippen LogP contribution in [-0.4, -0.2) is 12.6 Å². The number of hydrogen-bond donors (Lipinski definition) is 1. The Hall–Kier alpha value is -0.0400. The molecule has 0 saturated heterocycles. The van der Waals surface area contributed by atoms with E-state index in [1.54, 1.807) is 0 Å². The van der Waals surface area contributed by atoms with Crippen LogP contribution in [0.15, 0.2) is 0 Å². The summed E-state index contributed by atoms with van der Waals surface area (Å²) < 4.78 is 0. The van der Waals surface area contributed by atoms with Gasteiger partial charge in [0.25, 0.3) is 0 Å². The van der Waals surface area contributed by atoms with Crippen molar-refractivity contribution >= 4 is 0 Å². The minimum atomic E-state index is 0.795. The Morgan fingerprint density at radius 2 is 1.69 bits per heavy atom. The van der Waals surface area contributed by atoms with Crippen LogP contribution in [0.3, 0.4) is 0 Å². The van der Waals surface area contributed by atoms with Crippen LogP contribution in [0.5, 0.6) is 0 Å². The van der Waals surface area contributed by atoms with Gasteiger partial charge in [-0.1, -0.05) is 47.5 Å². The van der Waals surface area contributed by atoms with Crippen LogP contribution in [-0.2, 0) is 0 Å². The molecule has 0 aromatic heterocycles. The fourth-order valence-corrected chi connectivity index (χ4v) is 3.16. The average molecular weight is 225 g/mol. The summed E-state index contributed by atoms with van der Waals surface area (Å²) in [7, 11) is 0. The second-order valence-corrected chi connectivity index (χ2v) is 6.53. The smallest absolute Gasteiger partial charge is 0.00697 e. The van der Waals surface area contributed by atoms with Gasteiger partial charge in [0, 0.05) is 6.04 Å². The van der Waals surface area contributed by atoms with Crippen molar-refractivity contribution in [1.29, 1.82) is 0 Å². The summed E-state index contributed by atoms with van der Waals surface area (Å²) in [6.07, 6.45) is 5.65. The summed E-state index contributed by atoms with van der Waals surface area (Å²) in [6.45, 7) is 13.0. The molecule has 0 radical (unpaired) electrons. The molecule has 1 N–H and O–H groups in total. The topological polar surface area (TPSA) is 12.0 Å². The molecular weight excluding hydrogens is 194 g/mol. The molecule has 0 aliphatic heterocycles. The third-order valence-corrected chi connectivity index (χ3v) is 4.29. The van der Waals surface area contributed by atoms with Crippen LogP contribution in [0.4, 0.5) is 0 Å². The molecule has 1 saturated carbocycles. The first kappa shape index (κ1) is 14.0. The van der Waals surface area contributed by atoms with E-state index in [4.69, 9.17) is 0 Å². The van der Waals surface area contributed by atoms with Crippen molar-refractivity contribution in [3.8, 4) is 0 Å². The Kier molecular flexibility index (Phi) is 5.82. The van der Waals surface area contributed by atoms with Crippen LogP contribution in [0.1, 0.15) is 60.3 Å². The highest BCUT2D eigenvalue weighted by Gasteiger charge is 2.22. The molecule has 1 aliphatic carbocycles. The standard InChI is InChI=1S/C15H31N/c1-11(2)15(12(3)4)10-16-14-8-6-7-13(5)9-14/h11-16H,6-10H2,1-5H3. The summed E-state index contributed by atoms with van der Waals surface area (Å²) in [5, 5.41) is 3.81. The van der Waals surface area contributed by atoms with Gasteiger partial charge in [0.2, 0.25) is 0 Å². The molecule has 1 aliphatic rings. The molecule has 0 aromatic carbocycles. The SMILES string of the molecule is CC1CCCC(NCC(C(C)C)C(C)C)C1. The van der Waals surface area contributed by atoms with E-state index in [1.807, 2.05) is 0 Å². The maximum atomic E-state index is 3.81. The Morgan fingerprint density at radius 3 is 2.19 bits per heavy atom. The minimum Gasteiger partial charge on any atom is -0.314 e. The van der Waals surface area contributed by atoms with E-state index >= 15 is 0 Å². The van der Waals surface area contributed by atoms with E-state index in [2.05, 4.69) is 39.9 Å². The van der Waals surface area contributed by atoms with Crippen LogP contribution in [0, 0.1) is 23.7 Å². The number of hydrogen-bond acceptors (Lipinski definition) is 1. The molecular formula is C15H31N. The fourth-order valence-electron chi connectivity index (χ4n) is 3.16. The van der Waals surface area contributed by atoms with Crippen LogP contribution in [0.2, 0.25) is 0 Å². The predicted octanol–water partition coefficient (Wildman–Crippen LogP) is 4.08. The van der Waals surface area contributed by atoms with Crippen molar-refractivity contribution in [2.75, 3.05) is 6.54 Å². The van der Waals surface area contributed by atoms with Gasteiger partial charge in [-0.2, -0.15) is 0 Å². The predicted molar refractivity (Wildman–Crippen MR) is 72.6 cm³/mol. The lowest BCUT2D eigenvalue weighted by atomic mass is 9.83. The van der Waals surface area contributed by atoms with E-state index in [0.29, 0.717) is 0 Å². The third-order valence-electron chi connectivity index (χ3n) is 4.29. The Labute approximate surface area is 102 Å². The van der Waals surface area contributed by atoms with E-state index in [1.165, 1.54) is 32.2 Å². The maximum absolute atomic E-state index is 3.81. The van der Waals surface area contributed by atoms with Gasteiger partial charge in [0.05, 0.1) is 0 Å². The summed E-state index contributed by atoms with van der Waals surface area (Å²) in [5.41, 5.74) is 0. The molecule has 0 amide bonds. The molecule has 2 unspecified atom stereocenters. The number of nitrogens with one attached hydrogen (secondary N) is 1. The highest BCUT2D eigenvalue weighted by molar-refractivity contribution is 4.78. The van der Waals surface area contributed by atoms with Crippen molar-refractivity contribution in [2.24, 2.45) is 23.7 Å². The van der Waals surface area contributed by atoms with Crippen LogP contribution >= 0.6 is 0 Å². The van der Waals surface area contributed by atoms with Crippen LogP contribution < -0.4 is 5.32 Å². The highest BCUT2D eigenvalue weighted by atomic mass is 14.9. The van der Waals surface area contributed by atoms with E-state index < -0.39 is 0 Å². The molecule has 0 heterocycles. The lowest BCUT2D eigenvalue weighted by Crippen LogP contribution is -2.39. The second-order valence-electron chi connectivity index (χ2n) is 6.53. The summed E-state index contributed by atoms with van der Waals surface area (Å²) in [6, 6.07) is 0.795. The normalized spacial score (nSPS) is 27.0. The highest BCUT2D eigenvalue weighted by Crippen LogP contribution is 2.25. The van der Waals surface area contributed by atoms with Crippen molar-refractivity contribution in [3.05, 3.63) is 0 Å². The minimum absolute atomic E-state index is 0.795. The summed E-state index contributed by atoms with van der Waals surface area (Å²) >= 11 is 0. The molecule has 1 rings (SSSR count). The quantitative estimate of drug-likeness (QED) is 0.743. The monoisotopic (exact) mass is 225 g/mol. The van der Waals surface area contributed by atoms with Crippen LogP contribution in [0.25, 0.3) is 0 Å². The summed E-state index contributed by atoms with van der Waals surface area (Å²) in [4.78, 5) is 0. The van der Waals surface area contributed by atoms with Gasteiger partial charge in [-0.25, -0.2) is 0 Å². The molecule has 1 heteroatoms. The van der Waals surface area contributed by atoms with Gasteiger partial charge >= 0.3 is 0 Å². The molecule has 0 bridgehead atoms. The van der Waals surface area contributed by atoms with Gasteiger partial charge in [-0.05, 0) is 43.1 Å². The average Bonchev–Trinajstić information content (AvgIpc) is 2.16. The van der Waals surface area contributed by atoms with Gasteiger partial charge in [0.15, 0.2) is 0 Å². The largest absolute Gasteiger partial charge is 0.314 e. The Bertz CT molecular complexity index is 178. The van der Waals surface area contributed by atoms with E-state index in [0.717, 1.165) is 29.7 Å². The molecule has 2 atom stereocenters. The summed E-state index contributed by atoms with van der Waals surface area (Å²) in [5.74, 6) is 3.36. The van der Waals surface area contributed by atoms with Gasteiger partial charge in [-0.15, -0.1) is 0 Å². The maximum Gasteiger partial charge on any atom is 0.00697 e. The first-order chi connectivity index (χ1) is 7.50. The third kappa shape index (κ3) is 4.45. The first-order valence-corrected chi connectivity index (χ1v) is 7.24. The lowest BCUT2D eigenvalue weighted by Gasteiger charge is -2.31. The number of rotatable bonds is 5. The lowest BCUT2D eigenvalue weighted by molar-refractivity contribution is 0.236. The Morgan fingerprint density at radius 1 is 1.06 bits per heavy atom. The molecule has 1 nitrogen and oxygen atoms in total.